The molecule has 5 nitrogen and oxygen atoms in total. The van der Waals surface area contributed by atoms with Crippen LogP contribution in [0.1, 0.15) is 23.0 Å². The van der Waals surface area contributed by atoms with Crippen molar-refractivity contribution in [1.82, 2.24) is 19.9 Å². The van der Waals surface area contributed by atoms with Gasteiger partial charge in [-0.25, -0.2) is 4.98 Å². The number of aromatic nitrogens is 3. The number of benzene rings is 1. The largest absolute Gasteiger partial charge is 0.353 e. The van der Waals surface area contributed by atoms with Gasteiger partial charge < -0.3 is 10.2 Å². The van der Waals surface area contributed by atoms with E-state index in [2.05, 4.69) is 56.7 Å². The summed E-state index contributed by atoms with van der Waals surface area (Å²) in [5.41, 5.74) is 4.28. The minimum Gasteiger partial charge on any atom is -0.353 e. The first-order valence-electron chi connectivity index (χ1n) is 8.08. The average Bonchev–Trinajstić information content (AvgIpc) is 2.95. The number of aryl methyl sites for hydroxylation is 2. The van der Waals surface area contributed by atoms with Gasteiger partial charge in [-0.2, -0.15) is 9.61 Å². The molecule has 0 bridgehead atoms. The van der Waals surface area contributed by atoms with Gasteiger partial charge in [0.05, 0.1) is 5.69 Å². The second kappa shape index (κ2) is 5.66. The molecule has 0 saturated carbocycles. The minimum absolute atomic E-state index is 0.338. The summed E-state index contributed by atoms with van der Waals surface area (Å²) in [6.45, 7) is 6.92. The quantitative estimate of drug-likeness (QED) is 0.790. The molecule has 3 heterocycles. The van der Waals surface area contributed by atoms with Crippen molar-refractivity contribution in [3.8, 4) is 0 Å². The van der Waals surface area contributed by atoms with Gasteiger partial charge in [-0.15, -0.1) is 0 Å². The van der Waals surface area contributed by atoms with Crippen molar-refractivity contribution in [2.45, 2.75) is 19.9 Å². The van der Waals surface area contributed by atoms with Gasteiger partial charge in [-0.3, -0.25) is 0 Å². The van der Waals surface area contributed by atoms with Crippen molar-refractivity contribution in [1.29, 1.82) is 0 Å². The Labute approximate surface area is 136 Å². The molecule has 1 aromatic carbocycles. The first-order chi connectivity index (χ1) is 11.2. The molecule has 1 atom stereocenters. The Morgan fingerprint density at radius 2 is 1.91 bits per heavy atom. The Morgan fingerprint density at radius 3 is 2.74 bits per heavy atom. The molecule has 1 N–H and O–H groups in total. The number of hydrogen-bond donors (Lipinski definition) is 1. The summed E-state index contributed by atoms with van der Waals surface area (Å²) >= 11 is 0. The fourth-order valence-corrected chi connectivity index (χ4v) is 3.29. The lowest BCUT2D eigenvalue weighted by Crippen LogP contribution is -2.46. The van der Waals surface area contributed by atoms with E-state index in [4.69, 9.17) is 0 Å². The zero-order valence-corrected chi connectivity index (χ0v) is 13.5. The molecule has 0 radical (unpaired) electrons. The van der Waals surface area contributed by atoms with Crippen LogP contribution < -0.4 is 10.2 Å². The third kappa shape index (κ3) is 2.68. The summed E-state index contributed by atoms with van der Waals surface area (Å²) in [7, 11) is 0. The first kappa shape index (κ1) is 14.2. The summed E-state index contributed by atoms with van der Waals surface area (Å²) < 4.78 is 1.97. The highest BCUT2D eigenvalue weighted by atomic mass is 15.4. The molecule has 2 aromatic heterocycles. The van der Waals surface area contributed by atoms with E-state index in [1.165, 1.54) is 5.56 Å². The van der Waals surface area contributed by atoms with Gasteiger partial charge in [-0.05, 0) is 19.4 Å². The molecule has 0 spiro atoms. The van der Waals surface area contributed by atoms with Crippen molar-refractivity contribution < 1.29 is 0 Å². The number of rotatable bonds is 2. The van der Waals surface area contributed by atoms with E-state index in [1.807, 2.05) is 24.4 Å². The van der Waals surface area contributed by atoms with Gasteiger partial charge in [0.15, 0.2) is 5.65 Å². The van der Waals surface area contributed by atoms with Crippen LogP contribution in [0.5, 0.6) is 0 Å². The summed E-state index contributed by atoms with van der Waals surface area (Å²) in [5, 5.41) is 8.24. The van der Waals surface area contributed by atoms with Gasteiger partial charge in [0.1, 0.15) is 5.82 Å². The van der Waals surface area contributed by atoms with Crippen LogP contribution >= 0.6 is 0 Å². The summed E-state index contributed by atoms with van der Waals surface area (Å²) in [5.74, 6) is 1.13. The van der Waals surface area contributed by atoms with Crippen molar-refractivity contribution in [2.24, 2.45) is 0 Å². The lowest BCUT2D eigenvalue weighted by atomic mass is 10.0. The third-order valence-electron chi connectivity index (χ3n) is 4.36. The van der Waals surface area contributed by atoms with Crippen LogP contribution in [0, 0.1) is 13.8 Å². The topological polar surface area (TPSA) is 45.5 Å². The van der Waals surface area contributed by atoms with Crippen LogP contribution in [-0.2, 0) is 0 Å². The van der Waals surface area contributed by atoms with Crippen molar-refractivity contribution in [3.63, 3.8) is 0 Å². The van der Waals surface area contributed by atoms with Gasteiger partial charge in [0, 0.05) is 43.5 Å². The Hall–Kier alpha value is -2.40. The van der Waals surface area contributed by atoms with E-state index >= 15 is 0 Å². The highest BCUT2D eigenvalue weighted by Gasteiger charge is 2.23. The number of anilines is 1. The Morgan fingerprint density at radius 1 is 1.09 bits per heavy atom. The van der Waals surface area contributed by atoms with E-state index < -0.39 is 0 Å². The molecule has 4 rings (SSSR count). The van der Waals surface area contributed by atoms with Crippen molar-refractivity contribution in [2.75, 3.05) is 24.5 Å². The number of piperazine rings is 1. The van der Waals surface area contributed by atoms with E-state index in [1.54, 1.807) is 0 Å². The molecular weight excluding hydrogens is 286 g/mol. The average molecular weight is 307 g/mol. The molecule has 0 aliphatic carbocycles. The van der Waals surface area contributed by atoms with Crippen LogP contribution in [0.2, 0.25) is 0 Å². The van der Waals surface area contributed by atoms with Crippen molar-refractivity contribution >= 4 is 11.5 Å². The second-order valence-corrected chi connectivity index (χ2v) is 6.17. The molecule has 5 heteroatoms. The molecule has 0 amide bonds. The highest BCUT2D eigenvalue weighted by molar-refractivity contribution is 5.52. The zero-order valence-electron chi connectivity index (χ0n) is 13.5. The first-order valence-corrected chi connectivity index (χ1v) is 8.08. The number of fused-ring (bicyclic) bond motifs is 1. The maximum atomic E-state index is 4.62. The molecule has 1 aliphatic rings. The maximum Gasteiger partial charge on any atom is 0.157 e. The van der Waals surface area contributed by atoms with E-state index in [9.17, 15) is 0 Å². The smallest absolute Gasteiger partial charge is 0.157 e. The zero-order chi connectivity index (χ0) is 15.8. The molecule has 1 fully saturated rings. The Bertz CT molecular complexity index is 824. The lowest BCUT2D eigenvalue weighted by molar-refractivity contribution is 0.467. The maximum absolute atomic E-state index is 4.62. The third-order valence-corrected chi connectivity index (χ3v) is 4.36. The van der Waals surface area contributed by atoms with E-state index in [0.717, 1.165) is 42.5 Å². The Kier molecular flexibility index (Phi) is 3.50. The van der Waals surface area contributed by atoms with E-state index in [0.29, 0.717) is 6.04 Å². The summed E-state index contributed by atoms with van der Waals surface area (Å²) in [4.78, 5) is 6.99. The highest BCUT2D eigenvalue weighted by Crippen LogP contribution is 2.24. The molecular formula is C18H21N5. The number of nitrogens with one attached hydrogen (secondary N) is 1. The van der Waals surface area contributed by atoms with E-state index in [-0.39, 0.29) is 0 Å². The van der Waals surface area contributed by atoms with Crippen LogP contribution in [0.25, 0.3) is 5.65 Å². The van der Waals surface area contributed by atoms with Gasteiger partial charge >= 0.3 is 0 Å². The fraction of sp³-hybridized carbons (Fsp3) is 0.333. The second-order valence-electron chi connectivity index (χ2n) is 6.17. The van der Waals surface area contributed by atoms with Crippen molar-refractivity contribution in [3.05, 3.63) is 59.4 Å². The molecule has 1 saturated heterocycles. The fourth-order valence-electron chi connectivity index (χ4n) is 3.29. The van der Waals surface area contributed by atoms with Crippen LogP contribution in [0.4, 0.5) is 5.82 Å². The standard InChI is InChI=1S/C18H21N5/c1-13-11-18(23-17(20-13)10-14(2)21-23)22-9-8-19-16(12-22)15-6-4-3-5-7-15/h3-7,10-11,16,19H,8-9,12H2,1-2H3. The Balaban J connectivity index is 1.70. The molecule has 1 aliphatic heterocycles. The normalized spacial score (nSPS) is 18.5. The minimum atomic E-state index is 0.338. The summed E-state index contributed by atoms with van der Waals surface area (Å²) in [6, 6.07) is 15.1. The van der Waals surface area contributed by atoms with Gasteiger partial charge in [0.2, 0.25) is 0 Å². The molecule has 1 unspecified atom stereocenters. The van der Waals surface area contributed by atoms with Crippen LogP contribution in [-0.4, -0.2) is 34.2 Å². The molecule has 118 valence electrons. The lowest BCUT2D eigenvalue weighted by Gasteiger charge is -2.35. The SMILES string of the molecule is Cc1cc(N2CCNC(c3ccccc3)C2)n2nc(C)cc2n1. The summed E-state index contributed by atoms with van der Waals surface area (Å²) in [6.07, 6.45) is 0. The monoisotopic (exact) mass is 307 g/mol. The molecule has 3 aromatic rings. The van der Waals surface area contributed by atoms with Crippen LogP contribution in [0.3, 0.4) is 0 Å². The predicted molar refractivity (Wildman–Crippen MR) is 91.9 cm³/mol. The van der Waals surface area contributed by atoms with Gasteiger partial charge in [-0.1, -0.05) is 30.3 Å². The molecule has 23 heavy (non-hydrogen) atoms. The van der Waals surface area contributed by atoms with Gasteiger partial charge in [0.25, 0.3) is 0 Å². The number of hydrogen-bond acceptors (Lipinski definition) is 4. The van der Waals surface area contributed by atoms with Crippen LogP contribution in [0.15, 0.2) is 42.5 Å². The number of nitrogens with zero attached hydrogens (tertiary/aromatic N) is 4. The predicted octanol–water partition coefficient (Wildman–Crippen LogP) is 2.50.